The molecule has 2 aromatic rings. The lowest BCUT2D eigenvalue weighted by Gasteiger charge is -1.98. The Morgan fingerprint density at radius 1 is 1.25 bits per heavy atom. The van der Waals surface area contributed by atoms with Gasteiger partial charge in [0.15, 0.2) is 5.75 Å². The number of esters is 1. The molecule has 20 heavy (non-hydrogen) atoms. The lowest BCUT2D eigenvalue weighted by Crippen LogP contribution is -2.01. The first-order chi connectivity index (χ1) is 9.56. The maximum atomic E-state index is 11.5. The molecule has 7 heteroatoms. The van der Waals surface area contributed by atoms with Crippen molar-refractivity contribution in [3.63, 3.8) is 0 Å². The first kappa shape index (κ1) is 13.6. The second-order valence-corrected chi connectivity index (χ2v) is 3.80. The van der Waals surface area contributed by atoms with Gasteiger partial charge in [0, 0.05) is 23.8 Å². The Balaban J connectivity index is 2.40. The lowest BCUT2D eigenvalue weighted by atomic mass is 10.1. The molecule has 0 spiro atoms. The number of carbonyl (C=O) groups excluding carboxylic acids is 1. The van der Waals surface area contributed by atoms with Crippen LogP contribution >= 0.6 is 0 Å². The van der Waals surface area contributed by atoms with E-state index in [9.17, 15) is 14.9 Å². The molecule has 1 aromatic heterocycles. The van der Waals surface area contributed by atoms with E-state index in [4.69, 9.17) is 9.15 Å². The molecule has 0 unspecified atom stereocenters. The smallest absolute Gasteiger partial charge is 0.377 e. The Kier molecular flexibility index (Phi) is 3.69. The van der Waals surface area contributed by atoms with Crippen LogP contribution < -0.4 is 4.74 Å². The Morgan fingerprint density at radius 2 is 1.90 bits per heavy atom. The Hall–Kier alpha value is -2.83. The molecular weight excluding hydrogens is 266 g/mol. The highest BCUT2D eigenvalue weighted by Gasteiger charge is 2.21. The fraction of sp³-hybridized carbons (Fsp3) is 0.154. The number of non-ortho nitro benzene ring substituents is 1. The van der Waals surface area contributed by atoms with Crippen molar-refractivity contribution in [2.24, 2.45) is 0 Å². The quantitative estimate of drug-likeness (QED) is 0.484. The Morgan fingerprint density at radius 3 is 2.40 bits per heavy atom. The third-order valence-electron chi connectivity index (χ3n) is 2.65. The first-order valence-corrected chi connectivity index (χ1v) is 5.57. The highest BCUT2D eigenvalue weighted by molar-refractivity contribution is 5.90. The molecule has 0 aliphatic rings. The summed E-state index contributed by atoms with van der Waals surface area (Å²) in [6.45, 7) is 0. The summed E-state index contributed by atoms with van der Waals surface area (Å²) >= 11 is 0. The second-order valence-electron chi connectivity index (χ2n) is 3.80. The predicted molar refractivity (Wildman–Crippen MR) is 68.7 cm³/mol. The zero-order chi connectivity index (χ0) is 14.7. The van der Waals surface area contributed by atoms with Crippen LogP contribution in [-0.2, 0) is 4.74 Å². The van der Waals surface area contributed by atoms with Crippen LogP contribution in [0.1, 0.15) is 10.6 Å². The molecule has 0 N–H and O–H groups in total. The van der Waals surface area contributed by atoms with Gasteiger partial charge in [-0.15, -0.1) is 0 Å². The SMILES string of the molecule is COC(=O)c1oc(-c2ccc([N+](=O)[O-])cc2)cc1OC. The molecule has 0 saturated carbocycles. The minimum atomic E-state index is -0.657. The van der Waals surface area contributed by atoms with Crippen LogP contribution in [0.2, 0.25) is 0 Å². The number of methoxy groups -OCH3 is 2. The van der Waals surface area contributed by atoms with Gasteiger partial charge in [0.2, 0.25) is 0 Å². The van der Waals surface area contributed by atoms with Gasteiger partial charge in [-0.1, -0.05) is 0 Å². The molecular formula is C13H11NO6. The number of carbonyl (C=O) groups is 1. The van der Waals surface area contributed by atoms with Crippen molar-refractivity contribution in [1.82, 2.24) is 0 Å². The van der Waals surface area contributed by atoms with Crippen LogP contribution in [0.5, 0.6) is 5.75 Å². The molecule has 104 valence electrons. The molecule has 1 aromatic carbocycles. The summed E-state index contributed by atoms with van der Waals surface area (Å²) in [7, 11) is 2.63. The molecule has 0 aliphatic heterocycles. The minimum Gasteiger partial charge on any atom is -0.492 e. The average molecular weight is 277 g/mol. The first-order valence-electron chi connectivity index (χ1n) is 5.57. The largest absolute Gasteiger partial charge is 0.492 e. The zero-order valence-electron chi connectivity index (χ0n) is 10.8. The summed E-state index contributed by atoms with van der Waals surface area (Å²) in [5.74, 6) is -0.110. The Bertz CT molecular complexity index is 643. The number of hydrogen-bond acceptors (Lipinski definition) is 6. The summed E-state index contributed by atoms with van der Waals surface area (Å²) in [6, 6.07) is 7.27. The van der Waals surface area contributed by atoms with E-state index in [2.05, 4.69) is 4.74 Å². The van der Waals surface area contributed by atoms with E-state index in [-0.39, 0.29) is 17.2 Å². The van der Waals surface area contributed by atoms with E-state index in [1.54, 1.807) is 0 Å². The van der Waals surface area contributed by atoms with Crippen molar-refractivity contribution in [3.8, 4) is 17.1 Å². The van der Waals surface area contributed by atoms with Crippen molar-refractivity contribution in [3.05, 3.63) is 46.2 Å². The molecule has 2 rings (SSSR count). The van der Waals surface area contributed by atoms with Crippen LogP contribution in [-0.4, -0.2) is 25.1 Å². The number of nitrogens with zero attached hydrogens (tertiary/aromatic N) is 1. The number of nitro benzene ring substituents is 1. The maximum Gasteiger partial charge on any atom is 0.377 e. The predicted octanol–water partition coefficient (Wildman–Crippen LogP) is 2.65. The van der Waals surface area contributed by atoms with Gasteiger partial charge in [0.25, 0.3) is 11.4 Å². The van der Waals surface area contributed by atoms with Gasteiger partial charge >= 0.3 is 5.97 Å². The van der Waals surface area contributed by atoms with E-state index < -0.39 is 10.9 Å². The summed E-state index contributed by atoms with van der Waals surface area (Å²) in [5.41, 5.74) is 0.560. The molecule has 0 atom stereocenters. The molecule has 7 nitrogen and oxygen atoms in total. The number of nitro groups is 1. The van der Waals surface area contributed by atoms with Crippen molar-refractivity contribution >= 4 is 11.7 Å². The summed E-state index contributed by atoms with van der Waals surface area (Å²) in [5, 5.41) is 10.6. The van der Waals surface area contributed by atoms with Crippen LogP contribution in [0, 0.1) is 10.1 Å². The number of furan rings is 1. The van der Waals surface area contributed by atoms with Crippen molar-refractivity contribution in [1.29, 1.82) is 0 Å². The van der Waals surface area contributed by atoms with Gasteiger partial charge in [0.05, 0.1) is 19.1 Å². The molecule has 1 heterocycles. The van der Waals surface area contributed by atoms with Crippen LogP contribution in [0.3, 0.4) is 0 Å². The van der Waals surface area contributed by atoms with Gasteiger partial charge in [-0.2, -0.15) is 0 Å². The molecule has 0 saturated heterocycles. The third-order valence-corrected chi connectivity index (χ3v) is 2.65. The van der Waals surface area contributed by atoms with Gasteiger partial charge in [-0.3, -0.25) is 10.1 Å². The summed E-state index contributed by atoms with van der Waals surface area (Å²) in [6.07, 6.45) is 0. The molecule has 0 amide bonds. The van der Waals surface area contributed by atoms with Crippen LogP contribution in [0.4, 0.5) is 5.69 Å². The lowest BCUT2D eigenvalue weighted by molar-refractivity contribution is -0.384. The van der Waals surface area contributed by atoms with E-state index >= 15 is 0 Å². The second kappa shape index (κ2) is 5.43. The van der Waals surface area contributed by atoms with Crippen molar-refractivity contribution in [2.45, 2.75) is 0 Å². The molecule has 0 fully saturated rings. The van der Waals surface area contributed by atoms with Crippen molar-refractivity contribution in [2.75, 3.05) is 14.2 Å². The van der Waals surface area contributed by atoms with Gasteiger partial charge < -0.3 is 13.9 Å². The van der Waals surface area contributed by atoms with E-state index in [1.807, 2.05) is 0 Å². The van der Waals surface area contributed by atoms with Crippen LogP contribution in [0.15, 0.2) is 34.7 Å². The average Bonchev–Trinajstić information content (AvgIpc) is 2.90. The van der Waals surface area contributed by atoms with E-state index in [1.165, 1.54) is 44.6 Å². The number of ether oxygens (including phenoxy) is 2. The van der Waals surface area contributed by atoms with Crippen LogP contribution in [0.25, 0.3) is 11.3 Å². The standard InChI is InChI=1S/C13H11NO6/c1-18-11-7-10(20-12(11)13(15)19-2)8-3-5-9(6-4-8)14(16)17/h3-7H,1-2H3. The fourth-order valence-corrected chi connectivity index (χ4v) is 1.65. The van der Waals surface area contributed by atoms with Gasteiger partial charge in [-0.05, 0) is 12.1 Å². The number of rotatable bonds is 4. The normalized spacial score (nSPS) is 10.1. The number of hydrogen-bond donors (Lipinski definition) is 0. The maximum absolute atomic E-state index is 11.5. The zero-order valence-corrected chi connectivity index (χ0v) is 10.8. The highest BCUT2D eigenvalue weighted by Crippen LogP contribution is 2.31. The highest BCUT2D eigenvalue weighted by atomic mass is 16.6. The molecule has 0 bridgehead atoms. The number of benzene rings is 1. The van der Waals surface area contributed by atoms with Gasteiger partial charge in [0.1, 0.15) is 5.76 Å². The van der Waals surface area contributed by atoms with E-state index in [0.29, 0.717) is 11.3 Å². The monoisotopic (exact) mass is 277 g/mol. The molecule has 0 radical (unpaired) electrons. The topological polar surface area (TPSA) is 91.8 Å². The summed E-state index contributed by atoms with van der Waals surface area (Å²) < 4.78 is 15.0. The Labute approximate surface area is 113 Å². The van der Waals surface area contributed by atoms with E-state index in [0.717, 1.165) is 0 Å². The third kappa shape index (κ3) is 2.46. The van der Waals surface area contributed by atoms with Crippen molar-refractivity contribution < 1.29 is 23.6 Å². The molecule has 0 aliphatic carbocycles. The summed E-state index contributed by atoms with van der Waals surface area (Å²) in [4.78, 5) is 21.6. The fourth-order valence-electron chi connectivity index (χ4n) is 1.65. The minimum absolute atomic E-state index is 0.0273. The van der Waals surface area contributed by atoms with Gasteiger partial charge in [-0.25, -0.2) is 4.79 Å².